The molecule has 174 valence electrons. The van der Waals surface area contributed by atoms with Crippen molar-refractivity contribution in [2.75, 3.05) is 24.6 Å². The van der Waals surface area contributed by atoms with Gasteiger partial charge in [-0.1, -0.05) is 17.7 Å². The third-order valence-electron chi connectivity index (χ3n) is 6.75. The fourth-order valence-electron chi connectivity index (χ4n) is 5.04. The molecule has 2 fully saturated rings. The largest absolute Gasteiger partial charge is 0.465 e. The summed E-state index contributed by atoms with van der Waals surface area (Å²) < 4.78 is 7.97. The van der Waals surface area contributed by atoms with Crippen LogP contribution in [0.4, 0.5) is 10.6 Å². The molecule has 2 aliphatic heterocycles. The van der Waals surface area contributed by atoms with Crippen LogP contribution in [0, 0.1) is 0 Å². The van der Waals surface area contributed by atoms with Gasteiger partial charge >= 0.3 is 6.09 Å². The normalized spacial score (nSPS) is 23.4. The van der Waals surface area contributed by atoms with E-state index in [0.29, 0.717) is 48.9 Å². The number of carbonyl (C=O) groups is 1. The van der Waals surface area contributed by atoms with Crippen molar-refractivity contribution in [1.29, 1.82) is 0 Å². The van der Waals surface area contributed by atoms with E-state index in [1.807, 2.05) is 24.4 Å². The average molecular weight is 470 g/mol. The van der Waals surface area contributed by atoms with Gasteiger partial charge in [0.15, 0.2) is 0 Å². The first-order chi connectivity index (χ1) is 15.9. The smallest absolute Gasteiger partial charge is 0.407 e. The van der Waals surface area contributed by atoms with Crippen molar-refractivity contribution in [3.05, 3.63) is 41.6 Å². The Hall–Kier alpha value is -2.84. The topological polar surface area (TPSA) is 83.7 Å². The summed E-state index contributed by atoms with van der Waals surface area (Å²) in [5, 5.41) is 9.97. The number of rotatable bonds is 4. The number of amides is 1. The molecule has 8 nitrogen and oxygen atoms in total. The molecule has 3 aromatic rings. The Balaban J connectivity index is 1.50. The Morgan fingerprint density at radius 1 is 1.21 bits per heavy atom. The number of nitrogens with zero attached hydrogens (tertiary/aromatic N) is 5. The average Bonchev–Trinajstić information content (AvgIpc) is 3.34. The number of carboxylic acid groups (broad SMARTS) is 1. The van der Waals surface area contributed by atoms with Gasteiger partial charge in [-0.25, -0.2) is 14.8 Å². The molecule has 0 bridgehead atoms. The van der Waals surface area contributed by atoms with Gasteiger partial charge in [0.2, 0.25) is 0 Å². The zero-order valence-electron chi connectivity index (χ0n) is 18.8. The number of ether oxygens (including phenoxy) is 1. The predicted octanol–water partition coefficient (Wildman–Crippen LogP) is 4.51. The van der Waals surface area contributed by atoms with Crippen LogP contribution in [0.25, 0.3) is 22.4 Å². The molecule has 2 aliphatic rings. The standard InChI is InChI=1S/C24H28ClN5O3/c1-15-6-7-16(2)30(15)21-9-8-17(12-26-21)23-27-22-19(25)4-3-5-20(22)29(23)14-18-13-28(24(31)32)10-11-33-18/h3-5,8-9,12,15-16,18H,6-7,10-11,13-14H2,1-2H3,(H,31,32)/t15-,16-,18-/m0/s1. The fourth-order valence-corrected chi connectivity index (χ4v) is 5.25. The van der Waals surface area contributed by atoms with Crippen LogP contribution in [0.3, 0.4) is 0 Å². The van der Waals surface area contributed by atoms with Gasteiger partial charge in [-0.05, 0) is 51.0 Å². The molecule has 1 aromatic carbocycles. The second-order valence-corrected chi connectivity index (χ2v) is 9.37. The maximum Gasteiger partial charge on any atom is 0.407 e. The van der Waals surface area contributed by atoms with Gasteiger partial charge in [-0.3, -0.25) is 0 Å². The van der Waals surface area contributed by atoms with Crippen LogP contribution in [0.5, 0.6) is 0 Å². The second-order valence-electron chi connectivity index (χ2n) is 8.96. The highest BCUT2D eigenvalue weighted by Gasteiger charge is 2.29. The Morgan fingerprint density at radius 3 is 2.70 bits per heavy atom. The number of benzene rings is 1. The minimum Gasteiger partial charge on any atom is -0.465 e. The number of anilines is 1. The van der Waals surface area contributed by atoms with Crippen molar-refractivity contribution in [2.24, 2.45) is 0 Å². The van der Waals surface area contributed by atoms with Crippen LogP contribution in [0.2, 0.25) is 5.02 Å². The molecule has 2 aromatic heterocycles. The number of hydrogen-bond donors (Lipinski definition) is 1. The molecule has 2 saturated heterocycles. The molecular weight excluding hydrogens is 442 g/mol. The summed E-state index contributed by atoms with van der Waals surface area (Å²) in [6.45, 7) is 6.03. The number of hydrogen-bond acceptors (Lipinski definition) is 5. The summed E-state index contributed by atoms with van der Waals surface area (Å²) in [5.41, 5.74) is 2.49. The van der Waals surface area contributed by atoms with E-state index in [2.05, 4.69) is 35.4 Å². The predicted molar refractivity (Wildman–Crippen MR) is 128 cm³/mol. The highest BCUT2D eigenvalue weighted by atomic mass is 35.5. The van der Waals surface area contributed by atoms with Gasteiger partial charge in [0, 0.05) is 30.4 Å². The molecule has 0 radical (unpaired) electrons. The molecule has 3 atom stereocenters. The zero-order valence-corrected chi connectivity index (χ0v) is 19.6. The molecule has 4 heterocycles. The summed E-state index contributed by atoms with van der Waals surface area (Å²) in [4.78, 5) is 24.9. The summed E-state index contributed by atoms with van der Waals surface area (Å²) >= 11 is 6.47. The van der Waals surface area contributed by atoms with E-state index >= 15 is 0 Å². The van der Waals surface area contributed by atoms with E-state index in [9.17, 15) is 9.90 Å². The monoisotopic (exact) mass is 469 g/mol. The van der Waals surface area contributed by atoms with Crippen molar-refractivity contribution in [3.8, 4) is 11.4 Å². The van der Waals surface area contributed by atoms with E-state index in [4.69, 9.17) is 26.3 Å². The van der Waals surface area contributed by atoms with Crippen LogP contribution >= 0.6 is 11.6 Å². The summed E-state index contributed by atoms with van der Waals surface area (Å²) in [6, 6.07) is 10.8. The maximum atomic E-state index is 11.5. The van der Waals surface area contributed by atoms with Crippen LogP contribution in [-0.2, 0) is 11.3 Å². The Labute approximate surface area is 197 Å². The van der Waals surface area contributed by atoms with Gasteiger partial charge in [-0.2, -0.15) is 0 Å². The van der Waals surface area contributed by atoms with E-state index < -0.39 is 6.09 Å². The Kier molecular flexibility index (Phi) is 5.88. The first-order valence-electron chi connectivity index (χ1n) is 11.4. The number of aromatic nitrogens is 3. The third-order valence-corrected chi connectivity index (χ3v) is 7.05. The maximum absolute atomic E-state index is 11.5. The van der Waals surface area contributed by atoms with Crippen LogP contribution in [0.1, 0.15) is 26.7 Å². The minimum absolute atomic E-state index is 0.275. The quantitative estimate of drug-likeness (QED) is 0.605. The second kappa shape index (κ2) is 8.83. The highest BCUT2D eigenvalue weighted by Crippen LogP contribution is 2.32. The molecule has 0 saturated carbocycles. The summed E-state index contributed by atoms with van der Waals surface area (Å²) in [5.74, 6) is 1.72. The minimum atomic E-state index is -0.924. The number of pyridine rings is 1. The first-order valence-corrected chi connectivity index (χ1v) is 11.8. The summed E-state index contributed by atoms with van der Waals surface area (Å²) in [6.07, 6.45) is 3.02. The Morgan fingerprint density at radius 2 is 2.00 bits per heavy atom. The van der Waals surface area contributed by atoms with Crippen molar-refractivity contribution in [2.45, 2.75) is 51.4 Å². The molecular formula is C24H28ClN5O3. The number of fused-ring (bicyclic) bond motifs is 1. The molecule has 9 heteroatoms. The lowest BCUT2D eigenvalue weighted by Crippen LogP contribution is -2.46. The number of para-hydroxylation sites is 1. The zero-order chi connectivity index (χ0) is 23.1. The van der Waals surface area contributed by atoms with Crippen molar-refractivity contribution in [3.63, 3.8) is 0 Å². The summed E-state index contributed by atoms with van der Waals surface area (Å²) in [7, 11) is 0. The molecule has 33 heavy (non-hydrogen) atoms. The highest BCUT2D eigenvalue weighted by molar-refractivity contribution is 6.35. The SMILES string of the molecule is C[C@H]1CC[C@H](C)N1c1ccc(-c2nc3c(Cl)cccc3n2C[C@@H]2CN(C(=O)O)CCO2)cn1. The Bertz CT molecular complexity index is 1150. The van der Waals surface area contributed by atoms with Crippen LogP contribution in [-0.4, -0.2) is 68.5 Å². The van der Waals surface area contributed by atoms with Crippen molar-refractivity contribution >= 4 is 34.5 Å². The number of morpholine rings is 1. The van der Waals surface area contributed by atoms with Gasteiger partial charge < -0.3 is 24.2 Å². The van der Waals surface area contributed by atoms with Crippen LogP contribution in [0.15, 0.2) is 36.5 Å². The van der Waals surface area contributed by atoms with Gasteiger partial charge in [0.25, 0.3) is 0 Å². The molecule has 0 spiro atoms. The molecule has 1 N–H and O–H groups in total. The number of imidazole rings is 1. The van der Waals surface area contributed by atoms with Gasteiger partial charge in [0.1, 0.15) is 17.2 Å². The third kappa shape index (κ3) is 4.13. The van der Waals surface area contributed by atoms with E-state index in [1.165, 1.54) is 17.7 Å². The van der Waals surface area contributed by atoms with Crippen LogP contribution < -0.4 is 4.90 Å². The fraction of sp³-hybridized carbons (Fsp3) is 0.458. The van der Waals surface area contributed by atoms with E-state index in [1.54, 1.807) is 0 Å². The lowest BCUT2D eigenvalue weighted by atomic mass is 10.2. The van der Waals surface area contributed by atoms with Gasteiger partial charge in [0.05, 0.1) is 36.3 Å². The molecule has 5 rings (SSSR count). The van der Waals surface area contributed by atoms with Crippen molar-refractivity contribution in [1.82, 2.24) is 19.4 Å². The lowest BCUT2D eigenvalue weighted by Gasteiger charge is -2.31. The number of halogens is 1. The van der Waals surface area contributed by atoms with E-state index in [-0.39, 0.29) is 6.10 Å². The molecule has 0 aliphatic carbocycles. The first kappa shape index (κ1) is 22.0. The lowest BCUT2D eigenvalue weighted by molar-refractivity contribution is -0.0286. The molecule has 1 amide bonds. The molecule has 0 unspecified atom stereocenters. The van der Waals surface area contributed by atoms with E-state index in [0.717, 1.165) is 22.7 Å². The van der Waals surface area contributed by atoms with Crippen molar-refractivity contribution < 1.29 is 14.6 Å². The van der Waals surface area contributed by atoms with Gasteiger partial charge in [-0.15, -0.1) is 0 Å².